The van der Waals surface area contributed by atoms with E-state index in [0.717, 1.165) is 16.5 Å². The summed E-state index contributed by atoms with van der Waals surface area (Å²) < 4.78 is 6.25. The van der Waals surface area contributed by atoms with Gasteiger partial charge in [-0.3, -0.25) is 4.79 Å². The molecule has 0 radical (unpaired) electrons. The molecule has 3 N–H and O–H groups in total. The highest BCUT2D eigenvalue weighted by Gasteiger charge is 2.38. The Morgan fingerprint density at radius 1 is 1.53 bits per heavy atom. The van der Waals surface area contributed by atoms with Gasteiger partial charge in [-0.05, 0) is 30.5 Å². The highest BCUT2D eigenvalue weighted by atomic mass is 79.9. The number of carbonyl (C=O) groups is 1. The lowest BCUT2D eigenvalue weighted by molar-refractivity contribution is -0.127. The Morgan fingerprint density at radius 2 is 2.21 bits per heavy atom. The molecule has 2 unspecified atom stereocenters. The quantitative estimate of drug-likeness (QED) is 0.890. The number of carbonyl (C=O) groups excluding carboxylic acids is 1. The standard InChI is InChI=1S/C14H19BrN2O2/c1-2-12(10-3-5-11(15)6-4-10)17-13(18)14(16)7-8-19-9-14/h3-6,12H,2,7-9,16H2,1H3,(H,17,18). The number of halogens is 1. The fraction of sp³-hybridized carbons (Fsp3) is 0.500. The molecule has 2 atom stereocenters. The Balaban J connectivity index is 2.06. The van der Waals surface area contributed by atoms with E-state index in [4.69, 9.17) is 10.5 Å². The van der Waals surface area contributed by atoms with Crippen LogP contribution in [0.25, 0.3) is 0 Å². The largest absolute Gasteiger partial charge is 0.379 e. The van der Waals surface area contributed by atoms with Gasteiger partial charge in [0, 0.05) is 11.1 Å². The Labute approximate surface area is 121 Å². The second-order valence-corrected chi connectivity index (χ2v) is 5.86. The smallest absolute Gasteiger partial charge is 0.243 e. The van der Waals surface area contributed by atoms with E-state index in [-0.39, 0.29) is 11.9 Å². The third kappa shape index (κ3) is 3.35. The fourth-order valence-corrected chi connectivity index (χ4v) is 2.44. The van der Waals surface area contributed by atoms with Gasteiger partial charge in [0.05, 0.1) is 12.6 Å². The number of hydrogen-bond donors (Lipinski definition) is 2. The van der Waals surface area contributed by atoms with E-state index in [1.807, 2.05) is 31.2 Å². The SMILES string of the molecule is CCC(NC(=O)C1(N)CCOC1)c1ccc(Br)cc1. The molecule has 0 saturated carbocycles. The van der Waals surface area contributed by atoms with Crippen molar-refractivity contribution in [1.82, 2.24) is 5.32 Å². The third-order valence-corrected chi connectivity index (χ3v) is 4.02. The number of hydrogen-bond acceptors (Lipinski definition) is 3. The molecule has 5 heteroatoms. The maximum Gasteiger partial charge on any atom is 0.243 e. The summed E-state index contributed by atoms with van der Waals surface area (Å²) in [5, 5.41) is 3.03. The van der Waals surface area contributed by atoms with Gasteiger partial charge in [0.1, 0.15) is 5.54 Å². The van der Waals surface area contributed by atoms with Crippen molar-refractivity contribution in [1.29, 1.82) is 0 Å². The van der Waals surface area contributed by atoms with Gasteiger partial charge in [0.2, 0.25) is 5.91 Å². The van der Waals surface area contributed by atoms with E-state index >= 15 is 0 Å². The van der Waals surface area contributed by atoms with Gasteiger partial charge < -0.3 is 15.8 Å². The van der Waals surface area contributed by atoms with Crippen molar-refractivity contribution >= 4 is 21.8 Å². The van der Waals surface area contributed by atoms with E-state index in [2.05, 4.69) is 21.2 Å². The van der Waals surface area contributed by atoms with Crippen LogP contribution in [0.4, 0.5) is 0 Å². The molecular formula is C14H19BrN2O2. The van der Waals surface area contributed by atoms with Gasteiger partial charge in [-0.25, -0.2) is 0 Å². The Kier molecular flexibility index (Phi) is 4.60. The summed E-state index contributed by atoms with van der Waals surface area (Å²) in [4.78, 5) is 12.3. The first-order valence-electron chi connectivity index (χ1n) is 6.48. The summed E-state index contributed by atoms with van der Waals surface area (Å²) in [6.45, 7) is 2.90. The maximum atomic E-state index is 12.3. The molecule has 0 spiro atoms. The van der Waals surface area contributed by atoms with Gasteiger partial charge in [0.15, 0.2) is 0 Å². The van der Waals surface area contributed by atoms with Crippen LogP contribution in [0.15, 0.2) is 28.7 Å². The monoisotopic (exact) mass is 326 g/mol. The normalized spacial score (nSPS) is 24.2. The first kappa shape index (κ1) is 14.5. The van der Waals surface area contributed by atoms with Crippen molar-refractivity contribution in [3.8, 4) is 0 Å². The molecule has 1 amide bonds. The van der Waals surface area contributed by atoms with Gasteiger partial charge >= 0.3 is 0 Å². The zero-order valence-electron chi connectivity index (χ0n) is 11.0. The summed E-state index contributed by atoms with van der Waals surface area (Å²) in [6, 6.07) is 7.95. The van der Waals surface area contributed by atoms with E-state index in [1.165, 1.54) is 0 Å². The second kappa shape index (κ2) is 6.03. The zero-order valence-corrected chi connectivity index (χ0v) is 12.6. The minimum Gasteiger partial charge on any atom is -0.379 e. The summed E-state index contributed by atoms with van der Waals surface area (Å²) in [5.41, 5.74) is 6.28. The lowest BCUT2D eigenvalue weighted by Gasteiger charge is -2.25. The molecule has 1 aliphatic rings. The molecular weight excluding hydrogens is 308 g/mol. The average molecular weight is 327 g/mol. The van der Waals surface area contributed by atoms with Crippen molar-refractivity contribution < 1.29 is 9.53 Å². The van der Waals surface area contributed by atoms with Crippen LogP contribution in [-0.4, -0.2) is 24.7 Å². The zero-order chi connectivity index (χ0) is 13.9. The topological polar surface area (TPSA) is 64.4 Å². The van der Waals surface area contributed by atoms with Crippen LogP contribution < -0.4 is 11.1 Å². The van der Waals surface area contributed by atoms with Gasteiger partial charge in [0.25, 0.3) is 0 Å². The van der Waals surface area contributed by atoms with Crippen molar-refractivity contribution in [2.24, 2.45) is 5.73 Å². The van der Waals surface area contributed by atoms with Crippen molar-refractivity contribution in [2.45, 2.75) is 31.3 Å². The second-order valence-electron chi connectivity index (χ2n) is 4.94. The van der Waals surface area contributed by atoms with Crippen LogP contribution in [0, 0.1) is 0 Å². The van der Waals surface area contributed by atoms with Gasteiger partial charge in [-0.1, -0.05) is 35.0 Å². The predicted octanol–water partition coefficient (Wildman–Crippen LogP) is 2.13. The third-order valence-electron chi connectivity index (χ3n) is 3.49. The molecule has 4 nitrogen and oxygen atoms in total. The highest BCUT2D eigenvalue weighted by molar-refractivity contribution is 9.10. The maximum absolute atomic E-state index is 12.3. The molecule has 1 aliphatic heterocycles. The fourth-order valence-electron chi connectivity index (χ4n) is 2.18. The van der Waals surface area contributed by atoms with Crippen molar-refractivity contribution in [3.05, 3.63) is 34.3 Å². The molecule has 1 saturated heterocycles. The lowest BCUT2D eigenvalue weighted by Crippen LogP contribution is -2.55. The van der Waals surface area contributed by atoms with Crippen LogP contribution in [-0.2, 0) is 9.53 Å². The lowest BCUT2D eigenvalue weighted by atomic mass is 9.97. The molecule has 1 aromatic rings. The molecule has 0 bridgehead atoms. The molecule has 19 heavy (non-hydrogen) atoms. The van der Waals surface area contributed by atoms with Crippen molar-refractivity contribution in [2.75, 3.05) is 13.2 Å². The summed E-state index contributed by atoms with van der Waals surface area (Å²) in [6.07, 6.45) is 1.40. The Hall–Kier alpha value is -0.910. The highest BCUT2D eigenvalue weighted by Crippen LogP contribution is 2.22. The van der Waals surface area contributed by atoms with E-state index < -0.39 is 5.54 Å². The number of amides is 1. The molecule has 2 rings (SSSR count). The first-order valence-corrected chi connectivity index (χ1v) is 7.27. The van der Waals surface area contributed by atoms with Crippen LogP contribution in [0.1, 0.15) is 31.4 Å². The summed E-state index contributed by atoms with van der Waals surface area (Å²) in [7, 11) is 0. The molecule has 104 valence electrons. The Morgan fingerprint density at radius 3 is 2.74 bits per heavy atom. The number of nitrogens with two attached hydrogens (primary N) is 1. The molecule has 1 aromatic carbocycles. The number of benzene rings is 1. The van der Waals surface area contributed by atoms with Crippen LogP contribution in [0.5, 0.6) is 0 Å². The number of rotatable bonds is 4. The van der Waals surface area contributed by atoms with Crippen LogP contribution in [0.2, 0.25) is 0 Å². The summed E-state index contributed by atoms with van der Waals surface area (Å²) >= 11 is 3.41. The van der Waals surface area contributed by atoms with Gasteiger partial charge in [-0.2, -0.15) is 0 Å². The minimum absolute atomic E-state index is 0.0124. The van der Waals surface area contributed by atoms with E-state index in [1.54, 1.807) is 0 Å². The average Bonchev–Trinajstić information content (AvgIpc) is 2.85. The molecule has 0 aliphatic carbocycles. The molecule has 1 heterocycles. The van der Waals surface area contributed by atoms with Gasteiger partial charge in [-0.15, -0.1) is 0 Å². The Bertz CT molecular complexity index is 441. The van der Waals surface area contributed by atoms with E-state index in [9.17, 15) is 4.79 Å². The number of ether oxygens (including phenoxy) is 1. The predicted molar refractivity (Wildman–Crippen MR) is 77.7 cm³/mol. The first-order chi connectivity index (χ1) is 9.05. The van der Waals surface area contributed by atoms with Crippen molar-refractivity contribution in [3.63, 3.8) is 0 Å². The molecule has 0 aromatic heterocycles. The minimum atomic E-state index is -0.872. The van der Waals surface area contributed by atoms with Crippen LogP contribution >= 0.6 is 15.9 Å². The number of nitrogens with one attached hydrogen (secondary N) is 1. The molecule has 1 fully saturated rings. The van der Waals surface area contributed by atoms with Crippen LogP contribution in [0.3, 0.4) is 0 Å². The summed E-state index contributed by atoms with van der Waals surface area (Å²) in [5.74, 6) is -0.125. The van der Waals surface area contributed by atoms with E-state index in [0.29, 0.717) is 19.6 Å².